The third kappa shape index (κ3) is 8.71. The first-order valence-electron chi connectivity index (χ1n) is 11.9. The molecule has 37 heavy (non-hydrogen) atoms. The number of halogens is 1. The van der Waals surface area contributed by atoms with Gasteiger partial charge in [-0.1, -0.05) is 54.6 Å². The molecule has 3 aromatic carbocycles. The van der Waals surface area contributed by atoms with Crippen molar-refractivity contribution in [3.63, 3.8) is 0 Å². The average Bonchev–Trinajstić information content (AvgIpc) is 2.87. The van der Waals surface area contributed by atoms with Gasteiger partial charge in [0.2, 0.25) is 11.8 Å². The second kappa shape index (κ2) is 13.5. The minimum Gasteiger partial charge on any atom is -0.352 e. The van der Waals surface area contributed by atoms with E-state index < -0.39 is 11.0 Å². The van der Waals surface area contributed by atoms with E-state index in [1.807, 2.05) is 44.2 Å². The monoisotopic (exact) mass is 523 g/mol. The number of rotatable bonds is 12. The van der Waals surface area contributed by atoms with Crippen LogP contribution >= 0.6 is 11.8 Å². The molecule has 0 bridgehead atoms. The van der Waals surface area contributed by atoms with Crippen LogP contribution in [0, 0.1) is 15.9 Å². The van der Waals surface area contributed by atoms with Crippen molar-refractivity contribution in [3.05, 3.63) is 111 Å². The molecule has 2 amide bonds. The fraction of sp³-hybridized carbons (Fsp3) is 0.286. The van der Waals surface area contributed by atoms with Gasteiger partial charge >= 0.3 is 0 Å². The summed E-state index contributed by atoms with van der Waals surface area (Å²) in [5, 5.41) is 13.8. The highest BCUT2D eigenvalue weighted by Gasteiger charge is 2.30. The van der Waals surface area contributed by atoms with Gasteiger partial charge in [0, 0.05) is 36.9 Å². The molecule has 3 rings (SSSR count). The summed E-state index contributed by atoms with van der Waals surface area (Å²) in [6.07, 6.45) is 0.333. The number of non-ortho nitro benzene ring substituents is 1. The van der Waals surface area contributed by atoms with Crippen molar-refractivity contribution >= 4 is 29.3 Å². The van der Waals surface area contributed by atoms with Crippen molar-refractivity contribution in [1.29, 1.82) is 0 Å². The maximum absolute atomic E-state index is 13.5. The second-order valence-electron chi connectivity index (χ2n) is 8.93. The SMILES string of the molecule is CC(C)NC(=O)[C@H](Cc1ccccc1)N(Cc1ccc(F)cc1)C(=O)CSCc1ccc([N+](=O)[O-])cc1. The van der Waals surface area contributed by atoms with Gasteiger partial charge in [-0.15, -0.1) is 11.8 Å². The highest BCUT2D eigenvalue weighted by molar-refractivity contribution is 7.99. The van der Waals surface area contributed by atoms with E-state index in [4.69, 9.17) is 0 Å². The molecule has 9 heteroatoms. The Morgan fingerprint density at radius 2 is 1.57 bits per heavy atom. The minimum absolute atomic E-state index is 0.00946. The highest BCUT2D eigenvalue weighted by atomic mass is 32.2. The largest absolute Gasteiger partial charge is 0.352 e. The summed E-state index contributed by atoms with van der Waals surface area (Å²) in [6.45, 7) is 3.88. The Bertz CT molecular complexity index is 1190. The number of thioether (sulfide) groups is 1. The first-order valence-corrected chi connectivity index (χ1v) is 13.1. The van der Waals surface area contributed by atoms with E-state index >= 15 is 0 Å². The third-order valence-electron chi connectivity index (χ3n) is 5.61. The number of nitro benzene ring substituents is 1. The van der Waals surface area contributed by atoms with Gasteiger partial charge in [-0.3, -0.25) is 19.7 Å². The summed E-state index contributed by atoms with van der Waals surface area (Å²) in [5.41, 5.74) is 2.49. The van der Waals surface area contributed by atoms with Crippen LogP contribution in [0.25, 0.3) is 0 Å². The van der Waals surface area contributed by atoms with Crippen molar-refractivity contribution in [2.24, 2.45) is 0 Å². The second-order valence-corrected chi connectivity index (χ2v) is 9.92. The van der Waals surface area contributed by atoms with Crippen LogP contribution in [0.1, 0.15) is 30.5 Å². The van der Waals surface area contributed by atoms with E-state index in [9.17, 15) is 24.1 Å². The van der Waals surface area contributed by atoms with Crippen molar-refractivity contribution in [2.45, 2.75) is 44.6 Å². The van der Waals surface area contributed by atoms with E-state index in [1.165, 1.54) is 36.0 Å². The van der Waals surface area contributed by atoms with E-state index in [-0.39, 0.29) is 41.7 Å². The topological polar surface area (TPSA) is 92.6 Å². The number of nitrogens with one attached hydrogen (secondary N) is 1. The van der Waals surface area contributed by atoms with Crippen LogP contribution in [0.4, 0.5) is 10.1 Å². The molecule has 0 aromatic heterocycles. The summed E-state index contributed by atoms with van der Waals surface area (Å²) in [5.74, 6) is -0.266. The molecule has 0 saturated heterocycles. The molecule has 0 aliphatic rings. The number of carbonyl (C=O) groups excluding carboxylic acids is 2. The first-order chi connectivity index (χ1) is 17.7. The molecule has 3 aromatic rings. The van der Waals surface area contributed by atoms with Gasteiger partial charge in [0.15, 0.2) is 0 Å². The smallest absolute Gasteiger partial charge is 0.269 e. The van der Waals surface area contributed by atoms with Crippen LogP contribution < -0.4 is 5.32 Å². The molecule has 1 N–H and O–H groups in total. The summed E-state index contributed by atoms with van der Waals surface area (Å²) in [7, 11) is 0. The van der Waals surface area contributed by atoms with Gasteiger partial charge in [-0.25, -0.2) is 4.39 Å². The van der Waals surface area contributed by atoms with Crippen molar-refractivity contribution in [3.8, 4) is 0 Å². The van der Waals surface area contributed by atoms with Crippen LogP contribution in [0.3, 0.4) is 0 Å². The molecule has 1 atom stereocenters. The predicted octanol–water partition coefficient (Wildman–Crippen LogP) is 5.13. The summed E-state index contributed by atoms with van der Waals surface area (Å²) in [4.78, 5) is 38.8. The molecule has 0 spiro atoms. The molecule has 0 unspecified atom stereocenters. The number of nitro groups is 1. The number of hydrogen-bond acceptors (Lipinski definition) is 5. The van der Waals surface area contributed by atoms with Crippen molar-refractivity contribution in [2.75, 3.05) is 5.75 Å². The predicted molar refractivity (Wildman–Crippen MR) is 143 cm³/mol. The Kier molecular flexibility index (Phi) is 10.2. The zero-order valence-electron chi connectivity index (χ0n) is 20.8. The quantitative estimate of drug-likeness (QED) is 0.262. The minimum atomic E-state index is -0.762. The van der Waals surface area contributed by atoms with Gasteiger partial charge in [-0.2, -0.15) is 0 Å². The molecular formula is C28H30FN3O4S. The summed E-state index contributed by atoms with van der Waals surface area (Å²) in [6, 6.07) is 20.7. The lowest BCUT2D eigenvalue weighted by molar-refractivity contribution is -0.384. The zero-order chi connectivity index (χ0) is 26.8. The van der Waals surface area contributed by atoms with Crippen LogP contribution in [0.2, 0.25) is 0 Å². The third-order valence-corrected chi connectivity index (χ3v) is 6.60. The Labute approximate surface area is 220 Å². The number of hydrogen-bond donors (Lipinski definition) is 1. The van der Waals surface area contributed by atoms with Gasteiger partial charge in [0.25, 0.3) is 5.69 Å². The highest BCUT2D eigenvalue weighted by Crippen LogP contribution is 2.20. The molecular weight excluding hydrogens is 493 g/mol. The summed E-state index contributed by atoms with van der Waals surface area (Å²) >= 11 is 1.37. The summed E-state index contributed by atoms with van der Waals surface area (Å²) < 4.78 is 13.5. The Morgan fingerprint density at radius 1 is 0.946 bits per heavy atom. The van der Waals surface area contributed by atoms with Crippen LogP contribution in [0.5, 0.6) is 0 Å². The van der Waals surface area contributed by atoms with Crippen LogP contribution in [-0.2, 0) is 28.3 Å². The lowest BCUT2D eigenvalue weighted by Gasteiger charge is -2.32. The fourth-order valence-corrected chi connectivity index (χ4v) is 4.64. The normalized spacial score (nSPS) is 11.7. The maximum Gasteiger partial charge on any atom is 0.269 e. The lowest BCUT2D eigenvalue weighted by Crippen LogP contribution is -2.52. The number of amides is 2. The fourth-order valence-electron chi connectivity index (χ4n) is 3.77. The Balaban J connectivity index is 1.81. The van der Waals surface area contributed by atoms with Crippen molar-refractivity contribution in [1.82, 2.24) is 10.2 Å². The Morgan fingerprint density at radius 3 is 2.16 bits per heavy atom. The van der Waals surface area contributed by atoms with Crippen molar-refractivity contribution < 1.29 is 18.9 Å². The van der Waals surface area contributed by atoms with E-state index in [1.54, 1.807) is 29.2 Å². The molecule has 0 radical (unpaired) electrons. The molecule has 0 aliphatic carbocycles. The molecule has 194 valence electrons. The molecule has 7 nitrogen and oxygen atoms in total. The first kappa shape index (κ1) is 27.9. The van der Waals surface area contributed by atoms with E-state index in [0.717, 1.165) is 11.1 Å². The Hall–Kier alpha value is -3.72. The van der Waals surface area contributed by atoms with E-state index in [2.05, 4.69) is 5.32 Å². The maximum atomic E-state index is 13.5. The van der Waals surface area contributed by atoms with Gasteiger partial charge in [0.05, 0.1) is 10.7 Å². The zero-order valence-corrected chi connectivity index (χ0v) is 21.6. The van der Waals surface area contributed by atoms with Gasteiger partial charge < -0.3 is 10.2 Å². The lowest BCUT2D eigenvalue weighted by atomic mass is 10.0. The van der Waals surface area contributed by atoms with Gasteiger partial charge in [0.1, 0.15) is 11.9 Å². The number of nitrogens with zero attached hydrogens (tertiary/aromatic N) is 2. The standard InChI is InChI=1S/C28H30FN3O4S/c1-20(2)30-28(34)26(16-21-6-4-3-5-7-21)31(17-22-8-12-24(29)13-9-22)27(33)19-37-18-23-10-14-25(15-11-23)32(35)36/h3-15,20,26H,16-19H2,1-2H3,(H,30,34)/t26-/m0/s1. The molecule has 0 heterocycles. The number of carbonyl (C=O) groups is 2. The molecule has 0 saturated carbocycles. The molecule has 0 aliphatic heterocycles. The average molecular weight is 524 g/mol. The van der Waals surface area contributed by atoms with Crippen LogP contribution in [-0.4, -0.2) is 39.5 Å². The van der Waals surface area contributed by atoms with Gasteiger partial charge in [-0.05, 0) is 42.7 Å². The van der Waals surface area contributed by atoms with E-state index in [0.29, 0.717) is 17.7 Å². The number of benzene rings is 3. The molecule has 0 fully saturated rings. The van der Waals surface area contributed by atoms with Crippen LogP contribution in [0.15, 0.2) is 78.9 Å².